The van der Waals surface area contributed by atoms with E-state index in [1.165, 1.54) is 19.3 Å². The number of fused-ring (bicyclic) bond motifs is 1. The first-order chi connectivity index (χ1) is 12.1. The second kappa shape index (κ2) is 7.92. The van der Waals surface area contributed by atoms with Gasteiger partial charge in [0, 0.05) is 11.9 Å². The number of carbonyl (C=O) groups excluding carboxylic acids is 2. The molecule has 0 bridgehead atoms. The molecule has 1 fully saturated rings. The SMILES string of the molecule is O=C(COC(=O)c1n[nH]c(=O)c2ccccc12)NCC1CCCCC1. The first-order valence-electron chi connectivity index (χ1n) is 8.56. The molecule has 2 aromatic rings. The van der Waals surface area contributed by atoms with E-state index in [1.807, 2.05) is 0 Å². The van der Waals surface area contributed by atoms with Gasteiger partial charge in [-0.1, -0.05) is 37.5 Å². The zero-order chi connectivity index (χ0) is 17.6. The van der Waals surface area contributed by atoms with Gasteiger partial charge in [-0.15, -0.1) is 0 Å². The minimum absolute atomic E-state index is 0.00437. The molecule has 0 radical (unpaired) electrons. The Morgan fingerprint density at radius 1 is 1.16 bits per heavy atom. The summed E-state index contributed by atoms with van der Waals surface area (Å²) in [6.07, 6.45) is 5.95. The molecule has 1 saturated carbocycles. The zero-order valence-electron chi connectivity index (χ0n) is 13.9. The largest absolute Gasteiger partial charge is 0.451 e. The van der Waals surface area contributed by atoms with E-state index in [1.54, 1.807) is 24.3 Å². The second-order valence-electron chi connectivity index (χ2n) is 6.33. The van der Waals surface area contributed by atoms with E-state index >= 15 is 0 Å². The fourth-order valence-corrected chi connectivity index (χ4v) is 3.17. The third-order valence-corrected chi connectivity index (χ3v) is 4.54. The maximum atomic E-state index is 12.2. The fraction of sp³-hybridized carbons (Fsp3) is 0.444. The summed E-state index contributed by atoms with van der Waals surface area (Å²) in [7, 11) is 0. The number of aromatic nitrogens is 2. The molecule has 2 N–H and O–H groups in total. The first-order valence-corrected chi connectivity index (χ1v) is 8.56. The Labute approximate surface area is 144 Å². The van der Waals surface area contributed by atoms with Gasteiger partial charge in [0.25, 0.3) is 11.5 Å². The van der Waals surface area contributed by atoms with Crippen molar-refractivity contribution in [1.82, 2.24) is 15.5 Å². The zero-order valence-corrected chi connectivity index (χ0v) is 13.9. The third kappa shape index (κ3) is 4.23. The van der Waals surface area contributed by atoms with Crippen LogP contribution in [-0.2, 0) is 9.53 Å². The van der Waals surface area contributed by atoms with Crippen molar-refractivity contribution in [2.45, 2.75) is 32.1 Å². The normalized spacial score (nSPS) is 15.0. The summed E-state index contributed by atoms with van der Waals surface area (Å²) in [5.41, 5.74) is -0.382. The van der Waals surface area contributed by atoms with E-state index < -0.39 is 5.97 Å². The molecule has 25 heavy (non-hydrogen) atoms. The molecule has 7 nitrogen and oxygen atoms in total. The molecule has 0 saturated heterocycles. The van der Waals surface area contributed by atoms with Gasteiger partial charge in [0.15, 0.2) is 12.3 Å². The Bertz CT molecular complexity index is 824. The van der Waals surface area contributed by atoms with Crippen molar-refractivity contribution in [3.8, 4) is 0 Å². The van der Waals surface area contributed by atoms with E-state index in [9.17, 15) is 14.4 Å². The summed E-state index contributed by atoms with van der Waals surface area (Å²) in [5.74, 6) is -0.550. The number of ether oxygens (including phenoxy) is 1. The van der Waals surface area contributed by atoms with Gasteiger partial charge in [-0.2, -0.15) is 5.10 Å². The van der Waals surface area contributed by atoms with Crippen LogP contribution in [-0.4, -0.2) is 35.2 Å². The van der Waals surface area contributed by atoms with E-state index in [2.05, 4.69) is 15.5 Å². The Balaban J connectivity index is 1.56. The van der Waals surface area contributed by atoms with E-state index in [4.69, 9.17) is 4.74 Å². The maximum Gasteiger partial charge on any atom is 0.359 e. The first kappa shape index (κ1) is 17.1. The highest BCUT2D eigenvalue weighted by molar-refractivity contribution is 6.02. The van der Waals surface area contributed by atoms with Crippen molar-refractivity contribution in [2.24, 2.45) is 5.92 Å². The number of hydrogen-bond donors (Lipinski definition) is 2. The van der Waals surface area contributed by atoms with Crippen LogP contribution in [0, 0.1) is 5.92 Å². The quantitative estimate of drug-likeness (QED) is 0.806. The number of nitrogens with zero attached hydrogens (tertiary/aromatic N) is 1. The Morgan fingerprint density at radius 2 is 1.88 bits per heavy atom. The predicted octanol–water partition coefficient (Wildman–Crippen LogP) is 1.78. The molecule has 0 atom stereocenters. The molecule has 1 aromatic carbocycles. The van der Waals surface area contributed by atoms with Gasteiger partial charge >= 0.3 is 5.97 Å². The molecular formula is C18H21N3O4. The molecule has 1 aliphatic rings. The second-order valence-corrected chi connectivity index (χ2v) is 6.33. The van der Waals surface area contributed by atoms with Crippen molar-refractivity contribution >= 4 is 22.6 Å². The molecule has 0 spiro atoms. The molecule has 1 heterocycles. The van der Waals surface area contributed by atoms with Gasteiger partial charge in [0.05, 0.1) is 5.39 Å². The summed E-state index contributed by atoms with van der Waals surface area (Å²) in [5, 5.41) is 9.60. The van der Waals surface area contributed by atoms with Crippen LogP contribution in [0.5, 0.6) is 0 Å². The molecular weight excluding hydrogens is 322 g/mol. The number of nitrogens with one attached hydrogen (secondary N) is 2. The lowest BCUT2D eigenvalue weighted by molar-refractivity contribution is -0.124. The topological polar surface area (TPSA) is 101 Å². The predicted molar refractivity (Wildman–Crippen MR) is 92.2 cm³/mol. The summed E-state index contributed by atoms with van der Waals surface area (Å²) in [6, 6.07) is 6.63. The van der Waals surface area contributed by atoms with Crippen LogP contribution in [0.2, 0.25) is 0 Å². The van der Waals surface area contributed by atoms with Gasteiger partial charge in [-0.3, -0.25) is 9.59 Å². The van der Waals surface area contributed by atoms with Crippen molar-refractivity contribution in [3.05, 3.63) is 40.3 Å². The van der Waals surface area contributed by atoms with Crippen molar-refractivity contribution in [2.75, 3.05) is 13.2 Å². The summed E-state index contributed by atoms with van der Waals surface area (Å²) < 4.78 is 5.04. The molecule has 1 aliphatic carbocycles. The third-order valence-electron chi connectivity index (χ3n) is 4.54. The van der Waals surface area contributed by atoms with E-state index in [0.29, 0.717) is 23.2 Å². The minimum atomic E-state index is -0.736. The lowest BCUT2D eigenvalue weighted by atomic mass is 9.89. The van der Waals surface area contributed by atoms with Crippen LogP contribution in [0.1, 0.15) is 42.6 Å². The lowest BCUT2D eigenvalue weighted by Gasteiger charge is -2.21. The Kier molecular flexibility index (Phi) is 5.42. The minimum Gasteiger partial charge on any atom is -0.451 e. The number of amides is 1. The number of hydrogen-bond acceptors (Lipinski definition) is 5. The molecule has 0 unspecified atom stereocenters. The average Bonchev–Trinajstić information content (AvgIpc) is 2.66. The highest BCUT2D eigenvalue weighted by Gasteiger charge is 2.18. The van der Waals surface area contributed by atoms with Crippen LogP contribution in [0.4, 0.5) is 0 Å². The van der Waals surface area contributed by atoms with Gasteiger partial charge < -0.3 is 10.1 Å². The summed E-state index contributed by atoms with van der Waals surface area (Å²) in [6.45, 7) is 0.261. The average molecular weight is 343 g/mol. The van der Waals surface area contributed by atoms with Crippen molar-refractivity contribution in [3.63, 3.8) is 0 Å². The van der Waals surface area contributed by atoms with Crippen LogP contribution in [0.25, 0.3) is 10.8 Å². The molecule has 7 heteroatoms. The van der Waals surface area contributed by atoms with Crippen molar-refractivity contribution in [1.29, 1.82) is 0 Å². The Morgan fingerprint density at radius 3 is 2.64 bits per heavy atom. The molecule has 3 rings (SSSR count). The van der Waals surface area contributed by atoms with Crippen LogP contribution in [0.15, 0.2) is 29.1 Å². The van der Waals surface area contributed by atoms with Gasteiger partial charge in [0.1, 0.15) is 0 Å². The van der Waals surface area contributed by atoms with E-state index in [0.717, 1.165) is 12.8 Å². The number of aromatic amines is 1. The summed E-state index contributed by atoms with van der Waals surface area (Å²) >= 11 is 0. The monoisotopic (exact) mass is 343 g/mol. The van der Waals surface area contributed by atoms with Gasteiger partial charge in [-0.25, -0.2) is 9.89 Å². The van der Waals surface area contributed by atoms with Crippen LogP contribution in [0.3, 0.4) is 0 Å². The highest BCUT2D eigenvalue weighted by Crippen LogP contribution is 2.22. The van der Waals surface area contributed by atoms with Gasteiger partial charge in [-0.05, 0) is 24.8 Å². The number of benzene rings is 1. The maximum absolute atomic E-state index is 12.2. The lowest BCUT2D eigenvalue weighted by Crippen LogP contribution is -2.33. The number of carbonyl (C=O) groups is 2. The molecule has 1 amide bonds. The Hall–Kier alpha value is -2.70. The number of esters is 1. The molecule has 1 aromatic heterocycles. The van der Waals surface area contributed by atoms with E-state index in [-0.39, 0.29) is 23.8 Å². The smallest absolute Gasteiger partial charge is 0.359 e. The highest BCUT2D eigenvalue weighted by atomic mass is 16.5. The fourth-order valence-electron chi connectivity index (χ4n) is 3.17. The van der Waals surface area contributed by atoms with Crippen LogP contribution >= 0.6 is 0 Å². The molecule has 0 aliphatic heterocycles. The number of rotatable bonds is 5. The summed E-state index contributed by atoms with van der Waals surface area (Å²) in [4.78, 5) is 35.8. The molecule has 132 valence electrons. The van der Waals surface area contributed by atoms with Crippen LogP contribution < -0.4 is 10.9 Å². The number of H-pyrrole nitrogens is 1. The van der Waals surface area contributed by atoms with Crippen molar-refractivity contribution < 1.29 is 14.3 Å². The van der Waals surface area contributed by atoms with Gasteiger partial charge in [0.2, 0.25) is 0 Å². The standard InChI is InChI=1S/C18H21N3O4/c22-15(19-10-12-6-2-1-3-7-12)11-25-18(24)16-13-8-4-5-9-14(13)17(23)21-20-16/h4-5,8-9,12H,1-3,6-7,10-11H2,(H,19,22)(H,21,23).